The molecule has 0 radical (unpaired) electrons. The van der Waals surface area contributed by atoms with Gasteiger partial charge in [0.25, 0.3) is 17.7 Å². The van der Waals surface area contributed by atoms with Gasteiger partial charge in [-0.2, -0.15) is 0 Å². The molecule has 5 rings (SSSR count). The van der Waals surface area contributed by atoms with E-state index in [4.69, 9.17) is 23.8 Å². The fourth-order valence-electron chi connectivity index (χ4n) is 3.92. The Morgan fingerprint density at radius 2 is 1.47 bits per heavy atom. The maximum absolute atomic E-state index is 12.8. The van der Waals surface area contributed by atoms with Gasteiger partial charge in [0.2, 0.25) is 0 Å². The van der Waals surface area contributed by atoms with Crippen molar-refractivity contribution in [1.82, 2.24) is 5.32 Å². The molecule has 4 aromatic rings. The third-order valence-corrected chi connectivity index (χ3v) is 6.03. The molecule has 1 aliphatic heterocycles. The monoisotopic (exact) mass is 485 g/mol. The SMILES string of the molecule is O=C(NC(=S)Nc1ccc(N2C(=O)c3ccccc3C2=O)cc1Cl)c1cccc2ccccc12. The Labute approximate surface area is 205 Å². The standard InChI is InChI=1S/C26H16ClN3O3S/c27-21-14-16(30-24(32)19-9-3-4-10-20(19)25(30)33)12-13-22(21)28-26(34)29-23(31)18-11-5-7-15-6-1-2-8-17(15)18/h1-14H,(H2,28,29,31,34). The minimum absolute atomic E-state index is 0.0633. The van der Waals surface area contributed by atoms with Crippen LogP contribution in [0.3, 0.4) is 0 Å². The molecule has 0 aromatic heterocycles. The fraction of sp³-hybridized carbons (Fsp3) is 0. The van der Waals surface area contributed by atoms with Gasteiger partial charge in [-0.3, -0.25) is 19.7 Å². The maximum atomic E-state index is 12.8. The van der Waals surface area contributed by atoms with Crippen LogP contribution in [-0.2, 0) is 0 Å². The van der Waals surface area contributed by atoms with Gasteiger partial charge in [0.1, 0.15) is 0 Å². The molecule has 0 fully saturated rings. The van der Waals surface area contributed by atoms with E-state index in [9.17, 15) is 14.4 Å². The normalized spacial score (nSPS) is 12.6. The van der Waals surface area contributed by atoms with Gasteiger partial charge in [0.15, 0.2) is 5.11 Å². The number of thiocarbonyl (C=S) groups is 1. The molecule has 0 unspecified atom stereocenters. The first-order valence-electron chi connectivity index (χ1n) is 10.3. The number of hydrogen-bond donors (Lipinski definition) is 2. The van der Waals surface area contributed by atoms with Crippen LogP contribution in [0.2, 0.25) is 5.02 Å². The average Bonchev–Trinajstić information content (AvgIpc) is 3.10. The number of hydrogen-bond acceptors (Lipinski definition) is 4. The molecule has 1 heterocycles. The summed E-state index contributed by atoms with van der Waals surface area (Å²) in [5, 5.41) is 7.61. The number of rotatable bonds is 3. The zero-order chi connectivity index (χ0) is 23.8. The van der Waals surface area contributed by atoms with E-state index in [0.29, 0.717) is 28.1 Å². The van der Waals surface area contributed by atoms with E-state index >= 15 is 0 Å². The Morgan fingerprint density at radius 1 is 0.824 bits per heavy atom. The Hall–Kier alpha value is -4.07. The van der Waals surface area contributed by atoms with Gasteiger partial charge in [-0.25, -0.2) is 4.90 Å². The van der Waals surface area contributed by atoms with Crippen LogP contribution in [0.25, 0.3) is 10.8 Å². The zero-order valence-corrected chi connectivity index (χ0v) is 19.1. The lowest BCUT2D eigenvalue weighted by Gasteiger charge is -2.16. The second kappa shape index (κ2) is 8.70. The highest BCUT2D eigenvalue weighted by atomic mass is 35.5. The average molecular weight is 486 g/mol. The topological polar surface area (TPSA) is 78.5 Å². The lowest BCUT2D eigenvalue weighted by atomic mass is 10.0. The van der Waals surface area contributed by atoms with Crippen molar-refractivity contribution >= 4 is 68.8 Å². The molecule has 0 spiro atoms. The predicted octanol–water partition coefficient (Wildman–Crippen LogP) is 5.42. The summed E-state index contributed by atoms with van der Waals surface area (Å²) in [4.78, 5) is 39.3. The van der Waals surface area contributed by atoms with E-state index in [1.807, 2.05) is 36.4 Å². The van der Waals surface area contributed by atoms with Crippen LogP contribution in [0.1, 0.15) is 31.1 Å². The largest absolute Gasteiger partial charge is 0.331 e. The van der Waals surface area contributed by atoms with Crippen LogP contribution in [-0.4, -0.2) is 22.8 Å². The summed E-state index contributed by atoms with van der Waals surface area (Å²) >= 11 is 11.7. The molecule has 0 atom stereocenters. The summed E-state index contributed by atoms with van der Waals surface area (Å²) in [6.07, 6.45) is 0. The second-order valence-electron chi connectivity index (χ2n) is 7.59. The molecule has 0 aliphatic carbocycles. The molecular formula is C26H16ClN3O3S. The number of carbonyl (C=O) groups is 3. The van der Waals surface area contributed by atoms with Crippen molar-refractivity contribution in [3.05, 3.63) is 107 Å². The summed E-state index contributed by atoms with van der Waals surface area (Å²) in [6, 6.07) is 24.4. The fourth-order valence-corrected chi connectivity index (χ4v) is 4.34. The number of halogens is 1. The summed E-state index contributed by atoms with van der Waals surface area (Å²) in [6.45, 7) is 0. The summed E-state index contributed by atoms with van der Waals surface area (Å²) in [5.41, 5.74) is 1.96. The highest BCUT2D eigenvalue weighted by Gasteiger charge is 2.36. The Balaban J connectivity index is 1.32. The highest BCUT2D eigenvalue weighted by Crippen LogP contribution is 2.33. The van der Waals surface area contributed by atoms with Crippen molar-refractivity contribution in [3.63, 3.8) is 0 Å². The first kappa shape index (κ1) is 21.8. The Morgan fingerprint density at radius 3 is 2.18 bits per heavy atom. The summed E-state index contributed by atoms with van der Waals surface area (Å²) in [5.74, 6) is -1.17. The molecule has 8 heteroatoms. The van der Waals surface area contributed by atoms with E-state index in [2.05, 4.69) is 10.6 Å². The predicted molar refractivity (Wildman–Crippen MR) is 137 cm³/mol. The van der Waals surface area contributed by atoms with Crippen molar-refractivity contribution in [2.45, 2.75) is 0 Å². The van der Waals surface area contributed by atoms with E-state index in [1.165, 1.54) is 6.07 Å². The van der Waals surface area contributed by atoms with Gasteiger partial charge in [-0.05, 0) is 59.4 Å². The first-order valence-corrected chi connectivity index (χ1v) is 11.1. The molecule has 34 heavy (non-hydrogen) atoms. The number of amides is 3. The minimum atomic E-state index is -0.407. The number of fused-ring (bicyclic) bond motifs is 2. The van der Waals surface area contributed by atoms with Crippen molar-refractivity contribution in [2.24, 2.45) is 0 Å². The molecule has 1 aliphatic rings. The van der Waals surface area contributed by atoms with Crippen LogP contribution < -0.4 is 15.5 Å². The zero-order valence-electron chi connectivity index (χ0n) is 17.5. The van der Waals surface area contributed by atoms with Crippen LogP contribution in [0.15, 0.2) is 84.9 Å². The quantitative estimate of drug-likeness (QED) is 0.299. The smallest absolute Gasteiger partial charge is 0.266 e. The molecule has 3 amide bonds. The molecule has 166 valence electrons. The molecule has 4 aromatic carbocycles. The van der Waals surface area contributed by atoms with Gasteiger partial charge < -0.3 is 5.32 Å². The number of benzene rings is 4. The third-order valence-electron chi connectivity index (χ3n) is 5.51. The molecular weight excluding hydrogens is 470 g/mol. The van der Waals surface area contributed by atoms with E-state index in [-0.39, 0.29) is 16.0 Å². The summed E-state index contributed by atoms with van der Waals surface area (Å²) < 4.78 is 0. The third kappa shape index (κ3) is 3.81. The van der Waals surface area contributed by atoms with Gasteiger partial charge in [-0.15, -0.1) is 0 Å². The minimum Gasteiger partial charge on any atom is -0.331 e. The summed E-state index contributed by atoms with van der Waals surface area (Å²) in [7, 11) is 0. The maximum Gasteiger partial charge on any atom is 0.266 e. The lowest BCUT2D eigenvalue weighted by Crippen LogP contribution is -2.34. The molecule has 0 bridgehead atoms. The van der Waals surface area contributed by atoms with Gasteiger partial charge in [-0.1, -0.05) is 60.1 Å². The number of nitrogens with zero attached hydrogens (tertiary/aromatic N) is 1. The number of imide groups is 1. The molecule has 0 saturated heterocycles. The number of anilines is 2. The van der Waals surface area contributed by atoms with Gasteiger partial charge in [0, 0.05) is 5.56 Å². The molecule has 2 N–H and O–H groups in total. The molecule has 0 saturated carbocycles. The molecule has 6 nitrogen and oxygen atoms in total. The van der Waals surface area contributed by atoms with Gasteiger partial charge >= 0.3 is 0 Å². The van der Waals surface area contributed by atoms with Crippen LogP contribution >= 0.6 is 23.8 Å². The van der Waals surface area contributed by atoms with Crippen LogP contribution in [0.4, 0.5) is 11.4 Å². The van der Waals surface area contributed by atoms with Crippen molar-refractivity contribution < 1.29 is 14.4 Å². The van der Waals surface area contributed by atoms with Crippen molar-refractivity contribution in [3.8, 4) is 0 Å². The second-order valence-corrected chi connectivity index (χ2v) is 8.41. The van der Waals surface area contributed by atoms with Crippen molar-refractivity contribution in [1.29, 1.82) is 0 Å². The van der Waals surface area contributed by atoms with E-state index in [0.717, 1.165) is 15.7 Å². The first-order chi connectivity index (χ1) is 16.4. The lowest BCUT2D eigenvalue weighted by molar-refractivity contribution is 0.0923. The Bertz CT molecular complexity index is 1480. The van der Waals surface area contributed by atoms with Crippen molar-refractivity contribution in [2.75, 3.05) is 10.2 Å². The van der Waals surface area contributed by atoms with Gasteiger partial charge in [0.05, 0.1) is 27.5 Å². The van der Waals surface area contributed by atoms with Crippen LogP contribution in [0.5, 0.6) is 0 Å². The Kier molecular flexibility index (Phi) is 5.57. The number of nitrogens with one attached hydrogen (secondary N) is 2. The number of carbonyl (C=O) groups excluding carboxylic acids is 3. The van der Waals surface area contributed by atoms with E-state index in [1.54, 1.807) is 42.5 Å². The van der Waals surface area contributed by atoms with Crippen LogP contribution in [0, 0.1) is 0 Å². The highest BCUT2D eigenvalue weighted by molar-refractivity contribution is 7.80. The van der Waals surface area contributed by atoms with E-state index < -0.39 is 11.8 Å².